The first-order chi connectivity index (χ1) is 7.51. The van der Waals surface area contributed by atoms with E-state index in [4.69, 9.17) is 9.47 Å². The van der Waals surface area contributed by atoms with Gasteiger partial charge in [-0.2, -0.15) is 0 Å². The molecule has 0 saturated carbocycles. The number of ether oxygens (including phenoxy) is 2. The molecule has 0 saturated heterocycles. The van der Waals surface area contributed by atoms with Crippen molar-refractivity contribution in [2.75, 3.05) is 13.7 Å². The topological polar surface area (TPSA) is 35.5 Å². The van der Waals surface area contributed by atoms with Crippen LogP contribution in [0.2, 0.25) is 0 Å². The Kier molecular flexibility index (Phi) is 6.68. The Hall–Kier alpha value is -1.77. The number of rotatable bonds is 7. The number of methoxy groups -OCH3 is 1. The molecule has 0 amide bonds. The number of carbonyl (C=O) groups excluding carboxylic acids is 1. The van der Waals surface area contributed by atoms with Crippen LogP contribution in [0.1, 0.15) is 13.8 Å². The van der Waals surface area contributed by atoms with Crippen LogP contribution in [0.4, 0.5) is 0 Å². The van der Waals surface area contributed by atoms with E-state index in [2.05, 4.69) is 13.2 Å². The van der Waals surface area contributed by atoms with Gasteiger partial charge in [-0.05, 0) is 26.0 Å². The minimum Gasteiger partial charge on any atom is -0.501 e. The SMILES string of the molecule is C=C(/C=C\C)OCC(=O)C(=C)/C=C(\C)OC. The maximum Gasteiger partial charge on any atom is 0.199 e. The fraction of sp³-hybridized carbons (Fsp3) is 0.308. The molecular formula is C13H18O3. The lowest BCUT2D eigenvalue weighted by molar-refractivity contribution is -0.118. The van der Waals surface area contributed by atoms with Crippen LogP contribution in [0.15, 0.2) is 48.5 Å². The Bertz CT molecular complexity index is 335. The van der Waals surface area contributed by atoms with Crippen molar-refractivity contribution < 1.29 is 14.3 Å². The zero-order chi connectivity index (χ0) is 12.6. The van der Waals surface area contributed by atoms with Gasteiger partial charge in [0.05, 0.1) is 12.9 Å². The van der Waals surface area contributed by atoms with Crippen molar-refractivity contribution >= 4 is 5.78 Å². The minimum atomic E-state index is -0.193. The average molecular weight is 222 g/mol. The molecule has 0 unspecified atom stereocenters. The first-order valence-corrected chi connectivity index (χ1v) is 4.90. The molecule has 16 heavy (non-hydrogen) atoms. The van der Waals surface area contributed by atoms with Crippen LogP contribution in [0.5, 0.6) is 0 Å². The molecule has 0 aromatic heterocycles. The second-order valence-corrected chi connectivity index (χ2v) is 3.16. The molecule has 3 nitrogen and oxygen atoms in total. The van der Waals surface area contributed by atoms with Crippen molar-refractivity contribution in [1.82, 2.24) is 0 Å². The molecule has 0 aromatic carbocycles. The quantitative estimate of drug-likeness (QED) is 0.377. The van der Waals surface area contributed by atoms with Gasteiger partial charge < -0.3 is 9.47 Å². The number of ketones is 1. The summed E-state index contributed by atoms with van der Waals surface area (Å²) < 4.78 is 10.0. The largest absolute Gasteiger partial charge is 0.501 e. The van der Waals surface area contributed by atoms with Gasteiger partial charge in [-0.3, -0.25) is 4.79 Å². The van der Waals surface area contributed by atoms with Gasteiger partial charge in [0.15, 0.2) is 12.4 Å². The van der Waals surface area contributed by atoms with E-state index >= 15 is 0 Å². The lowest BCUT2D eigenvalue weighted by atomic mass is 10.2. The van der Waals surface area contributed by atoms with Gasteiger partial charge in [-0.25, -0.2) is 0 Å². The Morgan fingerprint density at radius 2 is 2.00 bits per heavy atom. The van der Waals surface area contributed by atoms with Crippen molar-refractivity contribution in [3.63, 3.8) is 0 Å². The molecule has 0 spiro atoms. The van der Waals surface area contributed by atoms with Gasteiger partial charge in [-0.15, -0.1) is 0 Å². The van der Waals surface area contributed by atoms with Crippen molar-refractivity contribution in [3.05, 3.63) is 48.5 Å². The Morgan fingerprint density at radius 3 is 2.50 bits per heavy atom. The molecule has 0 fully saturated rings. The van der Waals surface area contributed by atoms with E-state index in [0.29, 0.717) is 17.1 Å². The van der Waals surface area contributed by atoms with Gasteiger partial charge in [-0.1, -0.05) is 19.2 Å². The van der Waals surface area contributed by atoms with E-state index in [9.17, 15) is 4.79 Å². The predicted molar refractivity (Wildman–Crippen MR) is 64.8 cm³/mol. The number of Topliss-reactive ketones (excluding diaryl/α,β-unsaturated/α-hetero) is 1. The fourth-order valence-corrected chi connectivity index (χ4v) is 0.870. The highest BCUT2D eigenvalue weighted by molar-refractivity contribution is 5.98. The molecule has 0 aliphatic rings. The standard InChI is InChI=1S/C13H18O3/c1-6-7-11(3)16-9-13(14)10(2)8-12(4)15-5/h6-8H,2-3,9H2,1,4-5H3/b7-6-,12-8+. The van der Waals surface area contributed by atoms with Crippen LogP contribution < -0.4 is 0 Å². The molecule has 0 N–H and O–H groups in total. The molecule has 0 aromatic rings. The monoisotopic (exact) mass is 222 g/mol. The molecule has 0 radical (unpaired) electrons. The van der Waals surface area contributed by atoms with E-state index in [1.54, 1.807) is 25.2 Å². The molecule has 0 atom stereocenters. The Balaban J connectivity index is 4.18. The lowest BCUT2D eigenvalue weighted by Crippen LogP contribution is -2.09. The van der Waals surface area contributed by atoms with Gasteiger partial charge in [0, 0.05) is 5.57 Å². The van der Waals surface area contributed by atoms with Gasteiger partial charge in [0.1, 0.15) is 5.76 Å². The van der Waals surface area contributed by atoms with E-state index in [1.165, 1.54) is 7.11 Å². The lowest BCUT2D eigenvalue weighted by Gasteiger charge is -2.05. The van der Waals surface area contributed by atoms with E-state index in [1.807, 2.05) is 6.92 Å². The van der Waals surface area contributed by atoms with Crippen LogP contribution in [-0.4, -0.2) is 19.5 Å². The van der Waals surface area contributed by atoms with Crippen LogP contribution >= 0.6 is 0 Å². The summed E-state index contributed by atoms with van der Waals surface area (Å²) in [4.78, 5) is 11.5. The zero-order valence-electron chi connectivity index (χ0n) is 10.1. The first-order valence-electron chi connectivity index (χ1n) is 4.90. The van der Waals surface area contributed by atoms with Crippen LogP contribution in [-0.2, 0) is 14.3 Å². The third-order valence-electron chi connectivity index (χ3n) is 1.80. The summed E-state index contributed by atoms with van der Waals surface area (Å²) in [5.74, 6) is 0.892. The smallest absolute Gasteiger partial charge is 0.199 e. The third kappa shape index (κ3) is 5.86. The highest BCUT2D eigenvalue weighted by Crippen LogP contribution is 2.04. The minimum absolute atomic E-state index is 0.0600. The number of hydrogen-bond donors (Lipinski definition) is 0. The normalized spacial score (nSPS) is 11.3. The van der Waals surface area contributed by atoms with Gasteiger partial charge >= 0.3 is 0 Å². The molecule has 0 aliphatic carbocycles. The summed E-state index contributed by atoms with van der Waals surface area (Å²) in [6, 6.07) is 0. The predicted octanol–water partition coefficient (Wildman–Crippen LogP) is 2.77. The van der Waals surface area contributed by atoms with E-state index in [0.717, 1.165) is 0 Å². The molecule has 0 rings (SSSR count). The van der Waals surface area contributed by atoms with Gasteiger partial charge in [0.2, 0.25) is 0 Å². The zero-order valence-corrected chi connectivity index (χ0v) is 10.1. The molecule has 0 heterocycles. The summed E-state index contributed by atoms with van der Waals surface area (Å²) in [6.45, 7) is 10.8. The van der Waals surface area contributed by atoms with Crippen LogP contribution in [0, 0.1) is 0 Å². The highest BCUT2D eigenvalue weighted by Gasteiger charge is 2.06. The summed E-state index contributed by atoms with van der Waals surface area (Å²) in [5.41, 5.74) is 0.354. The summed E-state index contributed by atoms with van der Waals surface area (Å²) in [6.07, 6.45) is 5.05. The summed E-state index contributed by atoms with van der Waals surface area (Å²) in [7, 11) is 1.54. The molecule has 0 aliphatic heterocycles. The van der Waals surface area contributed by atoms with Crippen molar-refractivity contribution in [2.45, 2.75) is 13.8 Å². The molecule has 0 bridgehead atoms. The molecule has 3 heteroatoms. The maximum absolute atomic E-state index is 11.5. The van der Waals surface area contributed by atoms with Crippen molar-refractivity contribution in [2.24, 2.45) is 0 Å². The Morgan fingerprint density at radius 1 is 1.38 bits per heavy atom. The van der Waals surface area contributed by atoms with E-state index in [-0.39, 0.29) is 12.4 Å². The van der Waals surface area contributed by atoms with Crippen molar-refractivity contribution in [3.8, 4) is 0 Å². The summed E-state index contributed by atoms with van der Waals surface area (Å²) >= 11 is 0. The van der Waals surface area contributed by atoms with Crippen LogP contribution in [0.25, 0.3) is 0 Å². The first kappa shape index (κ1) is 14.2. The summed E-state index contributed by atoms with van der Waals surface area (Å²) in [5, 5.41) is 0. The number of hydrogen-bond acceptors (Lipinski definition) is 3. The van der Waals surface area contributed by atoms with Gasteiger partial charge in [0.25, 0.3) is 0 Å². The van der Waals surface area contributed by atoms with E-state index < -0.39 is 0 Å². The molecular weight excluding hydrogens is 204 g/mol. The average Bonchev–Trinajstić information content (AvgIpc) is 2.25. The third-order valence-corrected chi connectivity index (χ3v) is 1.80. The highest BCUT2D eigenvalue weighted by atomic mass is 16.5. The number of allylic oxidation sites excluding steroid dienone is 4. The Labute approximate surface area is 96.7 Å². The van der Waals surface area contributed by atoms with Crippen molar-refractivity contribution in [1.29, 1.82) is 0 Å². The maximum atomic E-state index is 11.5. The second-order valence-electron chi connectivity index (χ2n) is 3.16. The fourth-order valence-electron chi connectivity index (χ4n) is 0.870. The molecule has 88 valence electrons. The second kappa shape index (κ2) is 7.51. The van der Waals surface area contributed by atoms with Crippen LogP contribution in [0.3, 0.4) is 0 Å². The number of carbonyl (C=O) groups is 1.